The maximum atomic E-state index is 12.7. The third-order valence-electron chi connectivity index (χ3n) is 4.46. The van der Waals surface area contributed by atoms with Crippen molar-refractivity contribution in [2.24, 2.45) is 0 Å². The molecule has 0 fully saturated rings. The predicted octanol–water partition coefficient (Wildman–Crippen LogP) is 4.61. The maximum Gasteiger partial charge on any atom is 0.338 e. The summed E-state index contributed by atoms with van der Waals surface area (Å²) in [5.74, 6) is 0.140. The summed E-state index contributed by atoms with van der Waals surface area (Å²) in [7, 11) is 0. The summed E-state index contributed by atoms with van der Waals surface area (Å²) in [6.07, 6.45) is 0.718. The molecule has 2 aromatic rings. The number of halogens is 1. The minimum absolute atomic E-state index is 0.317. The summed E-state index contributed by atoms with van der Waals surface area (Å²) < 4.78 is 12.4. The Morgan fingerprint density at radius 3 is 2.59 bits per heavy atom. The second-order valence-electron chi connectivity index (χ2n) is 6.66. The normalized spacial score (nSPS) is 16.1. The van der Waals surface area contributed by atoms with E-state index in [0.29, 0.717) is 35.8 Å². The number of amides is 2. The van der Waals surface area contributed by atoms with Crippen molar-refractivity contribution in [1.82, 2.24) is 10.6 Å². The Morgan fingerprint density at radius 2 is 1.86 bits per heavy atom. The second-order valence-corrected chi connectivity index (χ2v) is 7.57. The smallest absolute Gasteiger partial charge is 0.338 e. The van der Waals surface area contributed by atoms with Gasteiger partial charge in [0.05, 0.1) is 18.2 Å². The molecule has 2 amide bonds. The highest BCUT2D eigenvalue weighted by Gasteiger charge is 2.33. The van der Waals surface area contributed by atoms with Crippen LogP contribution in [0, 0.1) is 0 Å². The van der Waals surface area contributed by atoms with Crippen LogP contribution in [-0.4, -0.2) is 18.6 Å². The van der Waals surface area contributed by atoms with Gasteiger partial charge >= 0.3 is 12.0 Å². The van der Waals surface area contributed by atoms with Gasteiger partial charge in [0.1, 0.15) is 12.4 Å². The van der Waals surface area contributed by atoms with Gasteiger partial charge in [0.2, 0.25) is 0 Å². The van der Waals surface area contributed by atoms with Crippen molar-refractivity contribution in [2.45, 2.75) is 32.9 Å². The van der Waals surface area contributed by atoms with E-state index in [-0.39, 0.29) is 6.03 Å². The van der Waals surface area contributed by atoms with Gasteiger partial charge in [-0.25, -0.2) is 9.59 Å². The number of hydrogen-bond donors (Lipinski definition) is 2. The number of urea groups is 1. The molecule has 0 saturated heterocycles. The van der Waals surface area contributed by atoms with Crippen molar-refractivity contribution in [3.63, 3.8) is 0 Å². The van der Waals surface area contributed by atoms with Gasteiger partial charge in [-0.3, -0.25) is 0 Å². The third kappa shape index (κ3) is 5.17. The highest BCUT2D eigenvalue weighted by Crippen LogP contribution is 2.34. The Balaban J connectivity index is 1.89. The zero-order valence-electron chi connectivity index (χ0n) is 16.3. The molecule has 2 N–H and O–H groups in total. The highest BCUT2D eigenvalue weighted by molar-refractivity contribution is 9.10. The van der Waals surface area contributed by atoms with Crippen molar-refractivity contribution in [2.75, 3.05) is 6.61 Å². The van der Waals surface area contributed by atoms with Crippen molar-refractivity contribution in [1.29, 1.82) is 0 Å². The lowest BCUT2D eigenvalue weighted by atomic mass is 9.95. The zero-order chi connectivity index (χ0) is 20.8. The number of hydrogen-bond acceptors (Lipinski definition) is 4. The van der Waals surface area contributed by atoms with Crippen LogP contribution >= 0.6 is 15.9 Å². The van der Waals surface area contributed by atoms with Gasteiger partial charge in [-0.2, -0.15) is 0 Å². The van der Waals surface area contributed by atoms with E-state index >= 15 is 0 Å². The fourth-order valence-corrected chi connectivity index (χ4v) is 3.33. The Kier molecular flexibility index (Phi) is 6.93. The van der Waals surface area contributed by atoms with Crippen molar-refractivity contribution < 1.29 is 19.1 Å². The first-order valence-corrected chi connectivity index (χ1v) is 10.2. The molecule has 0 aliphatic carbocycles. The van der Waals surface area contributed by atoms with Gasteiger partial charge in [0.15, 0.2) is 0 Å². The van der Waals surface area contributed by atoms with E-state index in [9.17, 15) is 9.59 Å². The van der Waals surface area contributed by atoms with Crippen LogP contribution in [0.3, 0.4) is 0 Å². The molecule has 1 aliphatic rings. The molecule has 0 spiro atoms. The average molecular weight is 459 g/mol. The lowest BCUT2D eigenvalue weighted by molar-refractivity contribution is -0.139. The van der Waals surface area contributed by atoms with E-state index in [1.165, 1.54) is 0 Å². The van der Waals surface area contributed by atoms with Crippen LogP contribution in [0.15, 0.2) is 64.3 Å². The van der Waals surface area contributed by atoms with Crippen molar-refractivity contribution >= 4 is 27.9 Å². The standard InChI is InChI=1S/C22H23BrN2O4/c1-3-12-28-21(26)19-14(2)24-22(27)25-20(19)17-6-4-5-7-18(17)29-13-15-8-10-16(23)11-9-15/h4-11,20H,3,12-13H2,1-2H3,(H2,24,25,27). The first-order chi connectivity index (χ1) is 14.0. The summed E-state index contributed by atoms with van der Waals surface area (Å²) in [6, 6.07) is 14.2. The number of rotatable bonds is 7. The van der Waals surface area contributed by atoms with E-state index in [0.717, 1.165) is 16.5 Å². The van der Waals surface area contributed by atoms with Crippen molar-refractivity contribution in [3.05, 3.63) is 75.4 Å². The lowest BCUT2D eigenvalue weighted by Crippen LogP contribution is -2.45. The first kappa shape index (κ1) is 20.9. The molecule has 0 radical (unpaired) electrons. The number of carbonyl (C=O) groups excluding carboxylic acids is 2. The molecule has 6 nitrogen and oxygen atoms in total. The van der Waals surface area contributed by atoms with Crippen molar-refractivity contribution in [3.8, 4) is 5.75 Å². The second kappa shape index (κ2) is 9.60. The number of allylic oxidation sites excluding steroid dienone is 1. The van der Waals surface area contributed by atoms with Crippen LogP contribution in [-0.2, 0) is 16.1 Å². The molecular weight excluding hydrogens is 436 g/mol. The van der Waals surface area contributed by atoms with E-state index < -0.39 is 12.0 Å². The molecule has 1 unspecified atom stereocenters. The quantitative estimate of drug-likeness (QED) is 0.593. The van der Waals surface area contributed by atoms with Gasteiger partial charge in [0.25, 0.3) is 0 Å². The topological polar surface area (TPSA) is 76.7 Å². The van der Waals surface area contributed by atoms with Gasteiger partial charge in [0, 0.05) is 15.7 Å². The van der Waals surface area contributed by atoms with Crippen LogP contribution in [0.25, 0.3) is 0 Å². The minimum atomic E-state index is -0.658. The summed E-state index contributed by atoms with van der Waals surface area (Å²) in [6.45, 7) is 4.30. The van der Waals surface area contributed by atoms with E-state index in [2.05, 4.69) is 26.6 Å². The van der Waals surface area contributed by atoms with Gasteiger partial charge < -0.3 is 20.1 Å². The van der Waals surface area contributed by atoms with Crippen LogP contribution in [0.5, 0.6) is 5.75 Å². The summed E-state index contributed by atoms with van der Waals surface area (Å²) in [4.78, 5) is 24.8. The Hall–Kier alpha value is -2.80. The summed E-state index contributed by atoms with van der Waals surface area (Å²) in [5.41, 5.74) is 2.55. The number of esters is 1. The van der Waals surface area contributed by atoms with Gasteiger partial charge in [-0.15, -0.1) is 0 Å². The summed E-state index contributed by atoms with van der Waals surface area (Å²) >= 11 is 3.42. The number of ether oxygens (including phenoxy) is 2. The first-order valence-electron chi connectivity index (χ1n) is 9.41. The lowest BCUT2D eigenvalue weighted by Gasteiger charge is -2.29. The molecule has 29 heavy (non-hydrogen) atoms. The maximum absolute atomic E-state index is 12.7. The molecule has 1 heterocycles. The number of nitrogens with one attached hydrogen (secondary N) is 2. The Labute approximate surface area is 178 Å². The zero-order valence-corrected chi connectivity index (χ0v) is 17.9. The number of para-hydroxylation sites is 1. The molecule has 0 saturated carbocycles. The molecule has 7 heteroatoms. The van der Waals surface area contributed by atoms with E-state index in [4.69, 9.17) is 9.47 Å². The molecule has 0 bridgehead atoms. The molecule has 1 aliphatic heterocycles. The molecule has 1 atom stereocenters. The van der Waals surface area contributed by atoms with Crippen LogP contribution in [0.4, 0.5) is 4.79 Å². The molecule has 0 aromatic heterocycles. The minimum Gasteiger partial charge on any atom is -0.489 e. The monoisotopic (exact) mass is 458 g/mol. The molecule has 3 rings (SSSR count). The summed E-state index contributed by atoms with van der Waals surface area (Å²) in [5, 5.41) is 5.47. The van der Waals surface area contributed by atoms with Gasteiger partial charge in [-0.1, -0.05) is 53.2 Å². The number of benzene rings is 2. The molecule has 2 aromatic carbocycles. The fourth-order valence-electron chi connectivity index (χ4n) is 3.06. The largest absolute Gasteiger partial charge is 0.489 e. The number of carbonyl (C=O) groups is 2. The van der Waals surface area contributed by atoms with E-state index in [1.807, 2.05) is 55.5 Å². The molecular formula is C22H23BrN2O4. The predicted molar refractivity (Wildman–Crippen MR) is 113 cm³/mol. The van der Waals surface area contributed by atoms with Crippen LogP contribution in [0.2, 0.25) is 0 Å². The van der Waals surface area contributed by atoms with Crippen LogP contribution < -0.4 is 15.4 Å². The van der Waals surface area contributed by atoms with Crippen LogP contribution in [0.1, 0.15) is 37.4 Å². The fraction of sp³-hybridized carbons (Fsp3) is 0.273. The molecule has 152 valence electrons. The Morgan fingerprint density at radius 1 is 1.14 bits per heavy atom. The average Bonchev–Trinajstić information content (AvgIpc) is 2.71. The third-order valence-corrected chi connectivity index (χ3v) is 4.99. The SMILES string of the molecule is CCCOC(=O)C1=C(C)NC(=O)NC1c1ccccc1OCc1ccc(Br)cc1. The van der Waals surface area contributed by atoms with E-state index in [1.54, 1.807) is 6.92 Å². The highest BCUT2D eigenvalue weighted by atomic mass is 79.9. The van der Waals surface area contributed by atoms with Gasteiger partial charge in [-0.05, 0) is 37.1 Å². The Bertz CT molecular complexity index is 925.